The molecule has 1 amide bonds. The molecule has 10 heavy (non-hydrogen) atoms. The fourth-order valence-electron chi connectivity index (χ4n) is 0.294. The van der Waals surface area contributed by atoms with E-state index in [1.807, 2.05) is 0 Å². The van der Waals surface area contributed by atoms with E-state index in [1.54, 1.807) is 13.2 Å². The minimum atomic E-state index is -0.478. The summed E-state index contributed by atoms with van der Waals surface area (Å²) in [6.45, 7) is 2.08. The van der Waals surface area contributed by atoms with Crippen molar-refractivity contribution in [2.24, 2.45) is 0 Å². The molecule has 0 N–H and O–H groups in total. The number of amides is 1. The van der Waals surface area contributed by atoms with Gasteiger partial charge in [-0.2, -0.15) is 5.06 Å². The van der Waals surface area contributed by atoms with E-state index in [0.29, 0.717) is 13.0 Å². The Morgan fingerprint density at radius 3 is 2.70 bits per heavy atom. The lowest BCUT2D eigenvalue weighted by atomic mass is 10.8. The maximum atomic E-state index is 10.5. The molecule has 0 rings (SSSR count). The van der Waals surface area contributed by atoms with E-state index in [-0.39, 0.29) is 0 Å². The van der Waals surface area contributed by atoms with Gasteiger partial charge in [-0.25, -0.2) is 4.79 Å². The molecule has 0 bridgehead atoms. The quantitative estimate of drug-likeness (QED) is 0.457. The zero-order valence-corrected chi connectivity index (χ0v) is 6.68. The van der Waals surface area contributed by atoms with Crippen LogP contribution in [0.3, 0.4) is 0 Å². The van der Waals surface area contributed by atoms with Gasteiger partial charge in [0.25, 0.3) is 0 Å². The first-order chi connectivity index (χ1) is 4.74. The Morgan fingerprint density at radius 1 is 1.80 bits per heavy atom. The Morgan fingerprint density at radius 2 is 2.40 bits per heavy atom. The van der Waals surface area contributed by atoms with Gasteiger partial charge >= 0.3 is 5.30 Å². The van der Waals surface area contributed by atoms with Crippen LogP contribution >= 0.6 is 11.8 Å². The number of carbonyl (C=O) groups excluding carboxylic acids is 2. The summed E-state index contributed by atoms with van der Waals surface area (Å²) < 4.78 is 0. The largest absolute Gasteiger partial charge is 0.391 e. The van der Waals surface area contributed by atoms with Crippen LogP contribution in [0.1, 0.15) is 6.92 Å². The van der Waals surface area contributed by atoms with Crippen molar-refractivity contribution in [3.8, 4) is 0 Å². The van der Waals surface area contributed by atoms with Crippen molar-refractivity contribution in [1.82, 2.24) is 5.06 Å². The zero-order chi connectivity index (χ0) is 7.98. The van der Waals surface area contributed by atoms with Gasteiger partial charge < -0.3 is 4.84 Å². The lowest BCUT2D eigenvalue weighted by Crippen LogP contribution is -2.23. The van der Waals surface area contributed by atoms with Crippen LogP contribution in [0.4, 0.5) is 4.79 Å². The van der Waals surface area contributed by atoms with Gasteiger partial charge in [-0.05, 0) is 24.9 Å². The number of nitrogens with zero attached hydrogens (tertiary/aromatic N) is 1. The minimum Gasteiger partial charge on any atom is -0.327 e. The highest BCUT2D eigenvalue weighted by Gasteiger charge is 2.04. The molecule has 0 aromatic heterocycles. The Bertz CT molecular complexity index is 128. The Kier molecular flexibility index (Phi) is 4.74. The second-order valence-electron chi connectivity index (χ2n) is 1.38. The Labute approximate surface area is 63.5 Å². The second kappa shape index (κ2) is 5.10. The van der Waals surface area contributed by atoms with Gasteiger partial charge in [0.2, 0.25) is 6.41 Å². The molecule has 0 aromatic carbocycles. The molecule has 0 aromatic rings. The maximum Gasteiger partial charge on any atom is 0.391 e. The van der Waals surface area contributed by atoms with Crippen LogP contribution < -0.4 is 0 Å². The Hall–Kier alpha value is -0.710. The van der Waals surface area contributed by atoms with Gasteiger partial charge in [0.15, 0.2) is 0 Å². The van der Waals surface area contributed by atoms with Crippen LogP contribution in [0.25, 0.3) is 0 Å². The molecule has 4 nitrogen and oxygen atoms in total. The summed E-state index contributed by atoms with van der Waals surface area (Å²) >= 11 is 0.922. The number of hydrogen-bond acceptors (Lipinski definition) is 4. The SMILES string of the molecule is CCN(C=O)OC(=O)SC. The maximum absolute atomic E-state index is 10.5. The average molecular weight is 163 g/mol. The molecule has 0 aliphatic rings. The van der Waals surface area contributed by atoms with Crippen molar-refractivity contribution in [3.63, 3.8) is 0 Å². The van der Waals surface area contributed by atoms with Crippen molar-refractivity contribution >= 4 is 23.5 Å². The highest BCUT2D eigenvalue weighted by molar-refractivity contribution is 8.12. The lowest BCUT2D eigenvalue weighted by molar-refractivity contribution is -0.146. The van der Waals surface area contributed by atoms with E-state index in [4.69, 9.17) is 0 Å². The van der Waals surface area contributed by atoms with Crippen LogP contribution in [0.15, 0.2) is 0 Å². The Balaban J connectivity index is 3.62. The van der Waals surface area contributed by atoms with E-state index in [9.17, 15) is 9.59 Å². The molecule has 0 atom stereocenters. The molecule has 0 unspecified atom stereocenters. The molecule has 5 heteroatoms. The third-order valence-corrected chi connectivity index (χ3v) is 1.20. The number of carbonyl (C=O) groups is 2. The highest BCUT2D eigenvalue weighted by atomic mass is 32.2. The minimum absolute atomic E-state index is 0.371. The van der Waals surface area contributed by atoms with Crippen molar-refractivity contribution in [2.75, 3.05) is 12.8 Å². The van der Waals surface area contributed by atoms with Crippen LogP contribution in [0, 0.1) is 0 Å². The van der Waals surface area contributed by atoms with Crippen LogP contribution in [-0.2, 0) is 9.63 Å². The molecular formula is C5H9NO3S. The predicted octanol–water partition coefficient (Wildman–Crippen LogP) is 0.879. The molecule has 0 aliphatic heterocycles. The molecule has 0 aliphatic carbocycles. The fourth-order valence-corrected chi connectivity index (χ4v) is 0.464. The third-order valence-electron chi connectivity index (χ3n) is 0.788. The monoisotopic (exact) mass is 163 g/mol. The summed E-state index contributed by atoms with van der Waals surface area (Å²) in [6.07, 6.45) is 2.05. The van der Waals surface area contributed by atoms with Crippen molar-refractivity contribution in [1.29, 1.82) is 0 Å². The van der Waals surface area contributed by atoms with Gasteiger partial charge in [-0.15, -0.1) is 0 Å². The topological polar surface area (TPSA) is 46.6 Å². The second-order valence-corrected chi connectivity index (χ2v) is 2.13. The van der Waals surface area contributed by atoms with E-state index in [2.05, 4.69) is 4.84 Å². The molecule has 0 radical (unpaired) electrons. The van der Waals surface area contributed by atoms with Gasteiger partial charge in [0.1, 0.15) is 0 Å². The van der Waals surface area contributed by atoms with Gasteiger partial charge in [0, 0.05) is 0 Å². The highest BCUT2D eigenvalue weighted by Crippen LogP contribution is 2.00. The number of rotatable bonds is 3. The van der Waals surface area contributed by atoms with Crippen molar-refractivity contribution < 1.29 is 14.4 Å². The van der Waals surface area contributed by atoms with E-state index in [0.717, 1.165) is 16.8 Å². The first-order valence-corrected chi connectivity index (χ1v) is 3.95. The van der Waals surface area contributed by atoms with Crippen molar-refractivity contribution in [3.05, 3.63) is 0 Å². The van der Waals surface area contributed by atoms with Crippen LogP contribution in [0.2, 0.25) is 0 Å². The summed E-state index contributed by atoms with van der Waals surface area (Å²) in [6, 6.07) is 0. The standard InChI is InChI=1S/C5H9NO3S/c1-3-6(4-7)9-5(8)10-2/h4H,3H2,1-2H3. The van der Waals surface area contributed by atoms with Gasteiger partial charge in [0.05, 0.1) is 6.54 Å². The molecule has 0 saturated heterocycles. The number of thioether (sulfide) groups is 1. The molecule has 0 saturated carbocycles. The third kappa shape index (κ3) is 3.34. The van der Waals surface area contributed by atoms with Gasteiger partial charge in [-0.3, -0.25) is 4.79 Å². The average Bonchev–Trinajstić information content (AvgIpc) is 1.99. The van der Waals surface area contributed by atoms with E-state index >= 15 is 0 Å². The van der Waals surface area contributed by atoms with E-state index in [1.165, 1.54) is 0 Å². The van der Waals surface area contributed by atoms with Gasteiger partial charge in [-0.1, -0.05) is 0 Å². The molecule has 0 heterocycles. The summed E-state index contributed by atoms with van der Waals surface area (Å²) in [4.78, 5) is 25.0. The lowest BCUT2D eigenvalue weighted by Gasteiger charge is -2.11. The zero-order valence-electron chi connectivity index (χ0n) is 5.86. The van der Waals surface area contributed by atoms with Crippen LogP contribution in [0.5, 0.6) is 0 Å². The fraction of sp³-hybridized carbons (Fsp3) is 0.600. The van der Waals surface area contributed by atoms with E-state index < -0.39 is 5.30 Å². The number of hydroxylamine groups is 2. The van der Waals surface area contributed by atoms with Crippen LogP contribution in [-0.4, -0.2) is 29.6 Å². The summed E-state index contributed by atoms with van der Waals surface area (Å²) in [5.41, 5.74) is 0. The van der Waals surface area contributed by atoms with Crippen molar-refractivity contribution in [2.45, 2.75) is 6.92 Å². The molecular weight excluding hydrogens is 154 g/mol. The molecule has 0 spiro atoms. The predicted molar refractivity (Wildman–Crippen MR) is 38.4 cm³/mol. The molecule has 0 fully saturated rings. The normalized spacial score (nSPS) is 8.60. The first kappa shape index (κ1) is 9.29. The summed E-state index contributed by atoms with van der Waals surface area (Å²) in [5.74, 6) is 0. The molecule has 58 valence electrons. The summed E-state index contributed by atoms with van der Waals surface area (Å²) in [7, 11) is 0. The smallest absolute Gasteiger partial charge is 0.327 e. The number of hydrogen-bond donors (Lipinski definition) is 0. The summed E-state index contributed by atoms with van der Waals surface area (Å²) in [5, 5.41) is 0.452. The first-order valence-electron chi connectivity index (χ1n) is 2.72.